The number of anilines is 2. The number of hydrogen-bond donors (Lipinski definition) is 1. The predicted octanol–water partition coefficient (Wildman–Crippen LogP) is 3.17. The molecule has 0 radical (unpaired) electrons. The van der Waals surface area contributed by atoms with E-state index in [0.29, 0.717) is 16.3 Å². The second kappa shape index (κ2) is 4.89. The van der Waals surface area contributed by atoms with Crippen LogP contribution in [0.25, 0.3) is 0 Å². The summed E-state index contributed by atoms with van der Waals surface area (Å²) in [6, 6.07) is 7.23. The fourth-order valence-corrected chi connectivity index (χ4v) is 1.65. The monoisotopic (exact) mass is 246 g/mol. The quantitative estimate of drug-likeness (QED) is 0.905. The zero-order chi connectivity index (χ0) is 12.3. The lowest BCUT2D eigenvalue weighted by molar-refractivity contribution is 0.660. The number of halogens is 1. The Morgan fingerprint density at radius 1 is 1.53 bits per heavy atom. The highest BCUT2D eigenvalue weighted by Crippen LogP contribution is 2.23. The van der Waals surface area contributed by atoms with E-state index in [0.717, 1.165) is 12.2 Å². The maximum Gasteiger partial charge on any atom is 0.101 e. The zero-order valence-electron chi connectivity index (χ0n) is 9.31. The van der Waals surface area contributed by atoms with Gasteiger partial charge in [0.2, 0.25) is 0 Å². The number of hydrogen-bond acceptors (Lipinski definition) is 3. The summed E-state index contributed by atoms with van der Waals surface area (Å²) in [4.78, 5) is 0. The van der Waals surface area contributed by atoms with E-state index in [2.05, 4.69) is 16.5 Å². The highest BCUT2D eigenvalue weighted by molar-refractivity contribution is 6.30. The zero-order valence-corrected chi connectivity index (χ0v) is 10.1. The molecule has 1 heterocycles. The van der Waals surface area contributed by atoms with Gasteiger partial charge >= 0.3 is 0 Å². The third-order valence-electron chi connectivity index (χ3n) is 2.34. The molecule has 0 fully saturated rings. The molecule has 0 bridgehead atoms. The predicted molar refractivity (Wildman–Crippen MR) is 67.4 cm³/mol. The molecule has 0 aliphatic heterocycles. The Labute approximate surface area is 104 Å². The van der Waals surface area contributed by atoms with E-state index >= 15 is 0 Å². The van der Waals surface area contributed by atoms with Crippen molar-refractivity contribution in [1.82, 2.24) is 9.78 Å². The van der Waals surface area contributed by atoms with Crippen LogP contribution in [0, 0.1) is 11.3 Å². The minimum absolute atomic E-state index is 0.554. The Balaban J connectivity index is 2.29. The van der Waals surface area contributed by atoms with Crippen molar-refractivity contribution in [2.45, 2.75) is 13.5 Å². The van der Waals surface area contributed by atoms with Gasteiger partial charge in [-0.3, -0.25) is 4.68 Å². The van der Waals surface area contributed by atoms with Crippen LogP contribution < -0.4 is 5.32 Å². The number of aromatic nitrogens is 2. The van der Waals surface area contributed by atoms with Crippen LogP contribution in [0.3, 0.4) is 0 Å². The first-order valence-electron chi connectivity index (χ1n) is 5.22. The van der Waals surface area contributed by atoms with Crippen molar-refractivity contribution in [3.63, 3.8) is 0 Å². The Morgan fingerprint density at radius 3 is 3.00 bits per heavy atom. The van der Waals surface area contributed by atoms with E-state index in [1.54, 1.807) is 29.1 Å². The van der Waals surface area contributed by atoms with Crippen LogP contribution in [-0.4, -0.2) is 9.78 Å². The largest absolute Gasteiger partial charge is 0.352 e. The highest BCUT2D eigenvalue weighted by atomic mass is 35.5. The van der Waals surface area contributed by atoms with Crippen molar-refractivity contribution in [2.24, 2.45) is 0 Å². The Morgan fingerprint density at radius 2 is 2.35 bits per heavy atom. The normalized spacial score (nSPS) is 9.94. The van der Waals surface area contributed by atoms with Crippen LogP contribution >= 0.6 is 11.6 Å². The lowest BCUT2D eigenvalue weighted by Crippen LogP contribution is -1.94. The smallest absolute Gasteiger partial charge is 0.101 e. The van der Waals surface area contributed by atoms with Crippen LogP contribution in [-0.2, 0) is 6.54 Å². The lowest BCUT2D eigenvalue weighted by atomic mass is 10.2. The molecular weight excluding hydrogens is 236 g/mol. The first-order chi connectivity index (χ1) is 8.22. The first-order valence-corrected chi connectivity index (χ1v) is 5.60. The van der Waals surface area contributed by atoms with E-state index < -0.39 is 0 Å². The molecule has 1 aromatic carbocycles. The topological polar surface area (TPSA) is 53.6 Å². The van der Waals surface area contributed by atoms with Gasteiger partial charge in [0.15, 0.2) is 0 Å². The number of nitriles is 1. The number of rotatable bonds is 3. The highest BCUT2D eigenvalue weighted by Gasteiger charge is 2.04. The van der Waals surface area contributed by atoms with Gasteiger partial charge in [-0.25, -0.2) is 0 Å². The van der Waals surface area contributed by atoms with Crippen LogP contribution in [0.5, 0.6) is 0 Å². The van der Waals surface area contributed by atoms with Crippen molar-refractivity contribution in [2.75, 3.05) is 5.32 Å². The molecule has 0 spiro atoms. The third-order valence-corrected chi connectivity index (χ3v) is 2.57. The molecule has 5 heteroatoms. The Kier molecular flexibility index (Phi) is 3.31. The third kappa shape index (κ3) is 2.58. The van der Waals surface area contributed by atoms with Crippen LogP contribution in [0.4, 0.5) is 11.4 Å². The maximum absolute atomic E-state index is 8.98. The second-order valence-electron chi connectivity index (χ2n) is 3.51. The molecular formula is C12H11ClN4. The molecule has 0 saturated carbocycles. The molecule has 0 unspecified atom stereocenters. The molecule has 0 saturated heterocycles. The second-order valence-corrected chi connectivity index (χ2v) is 3.95. The van der Waals surface area contributed by atoms with E-state index in [1.165, 1.54) is 0 Å². The molecule has 1 aromatic heterocycles. The minimum atomic E-state index is 0.554. The van der Waals surface area contributed by atoms with Gasteiger partial charge in [-0.1, -0.05) is 11.6 Å². The number of nitrogens with zero attached hydrogens (tertiary/aromatic N) is 3. The number of nitrogens with one attached hydrogen (secondary N) is 1. The fraction of sp³-hybridized carbons (Fsp3) is 0.167. The van der Waals surface area contributed by atoms with Crippen molar-refractivity contribution in [1.29, 1.82) is 5.26 Å². The van der Waals surface area contributed by atoms with E-state index in [4.69, 9.17) is 16.9 Å². The molecule has 4 nitrogen and oxygen atoms in total. The summed E-state index contributed by atoms with van der Waals surface area (Å²) >= 11 is 5.90. The van der Waals surface area contributed by atoms with Gasteiger partial charge in [0.1, 0.15) is 6.07 Å². The molecule has 0 aliphatic rings. The van der Waals surface area contributed by atoms with Crippen molar-refractivity contribution in [3.8, 4) is 6.07 Å². The number of benzene rings is 1. The first kappa shape index (κ1) is 11.5. The van der Waals surface area contributed by atoms with Gasteiger partial charge in [-0.2, -0.15) is 10.4 Å². The van der Waals surface area contributed by atoms with E-state index in [1.807, 2.05) is 13.1 Å². The Hall–Kier alpha value is -1.99. The molecule has 17 heavy (non-hydrogen) atoms. The molecule has 0 aliphatic carbocycles. The molecule has 86 valence electrons. The minimum Gasteiger partial charge on any atom is -0.352 e. The fourth-order valence-electron chi connectivity index (χ4n) is 1.47. The Bertz CT molecular complexity index is 568. The summed E-state index contributed by atoms with van der Waals surface area (Å²) in [5.74, 6) is 0. The summed E-state index contributed by atoms with van der Waals surface area (Å²) in [5.41, 5.74) is 2.08. The summed E-state index contributed by atoms with van der Waals surface area (Å²) in [6.45, 7) is 2.82. The number of aryl methyl sites for hydroxylation is 1. The van der Waals surface area contributed by atoms with Gasteiger partial charge in [0.05, 0.1) is 23.1 Å². The molecule has 0 amide bonds. The lowest BCUT2D eigenvalue weighted by Gasteiger charge is -2.05. The molecule has 0 atom stereocenters. The van der Waals surface area contributed by atoms with Crippen LogP contribution in [0.1, 0.15) is 12.5 Å². The van der Waals surface area contributed by atoms with Gasteiger partial charge < -0.3 is 5.32 Å². The van der Waals surface area contributed by atoms with E-state index in [9.17, 15) is 0 Å². The van der Waals surface area contributed by atoms with Gasteiger partial charge in [0.25, 0.3) is 0 Å². The van der Waals surface area contributed by atoms with Gasteiger partial charge in [-0.05, 0) is 25.1 Å². The summed E-state index contributed by atoms with van der Waals surface area (Å²) in [6.07, 6.45) is 3.59. The summed E-state index contributed by atoms with van der Waals surface area (Å²) in [5, 5.41) is 16.9. The van der Waals surface area contributed by atoms with Gasteiger partial charge in [-0.15, -0.1) is 0 Å². The van der Waals surface area contributed by atoms with Gasteiger partial charge in [0, 0.05) is 17.8 Å². The molecule has 2 rings (SSSR count). The molecule has 1 N–H and O–H groups in total. The molecule has 2 aromatic rings. The van der Waals surface area contributed by atoms with Crippen molar-refractivity contribution in [3.05, 3.63) is 41.2 Å². The summed E-state index contributed by atoms with van der Waals surface area (Å²) in [7, 11) is 0. The maximum atomic E-state index is 8.98. The van der Waals surface area contributed by atoms with Crippen molar-refractivity contribution < 1.29 is 0 Å². The van der Waals surface area contributed by atoms with Crippen molar-refractivity contribution >= 4 is 23.0 Å². The van der Waals surface area contributed by atoms with E-state index in [-0.39, 0.29) is 0 Å². The summed E-state index contributed by atoms with van der Waals surface area (Å²) < 4.78 is 1.80. The van der Waals surface area contributed by atoms with Crippen LogP contribution in [0.2, 0.25) is 5.02 Å². The average Bonchev–Trinajstić information content (AvgIpc) is 2.77. The standard InChI is InChI=1S/C12H11ClN4/c1-2-17-8-11(7-15-17)16-12-5-10(13)4-3-9(12)6-14/h3-5,7-8,16H,2H2,1H3. The average molecular weight is 247 g/mol. The SMILES string of the molecule is CCn1cc(Nc2cc(Cl)ccc2C#N)cn1. The van der Waals surface area contributed by atoms with Crippen LogP contribution in [0.15, 0.2) is 30.6 Å².